The molecule has 1 aromatic carbocycles. The van der Waals surface area contributed by atoms with Gasteiger partial charge in [0.1, 0.15) is 5.75 Å². The van der Waals surface area contributed by atoms with Crippen molar-refractivity contribution >= 4 is 5.97 Å². The lowest BCUT2D eigenvalue weighted by atomic mass is 10.1. The first-order valence-corrected chi connectivity index (χ1v) is 6.27. The summed E-state index contributed by atoms with van der Waals surface area (Å²) < 4.78 is 10.4. The number of carbonyl (C=O) groups is 1. The maximum Gasteiger partial charge on any atom is 0.347 e. The molecular formula is C14H21NO3. The topological polar surface area (TPSA) is 61.5 Å². The van der Waals surface area contributed by atoms with E-state index in [2.05, 4.69) is 0 Å². The lowest BCUT2D eigenvalue weighted by Crippen LogP contribution is -2.26. The molecule has 0 aliphatic heterocycles. The molecule has 4 heteroatoms. The maximum absolute atomic E-state index is 11.4. The highest BCUT2D eigenvalue weighted by molar-refractivity contribution is 5.74. The van der Waals surface area contributed by atoms with Gasteiger partial charge in [-0.1, -0.05) is 19.1 Å². The van der Waals surface area contributed by atoms with Crippen LogP contribution in [0.3, 0.4) is 0 Å². The van der Waals surface area contributed by atoms with Gasteiger partial charge < -0.3 is 15.2 Å². The summed E-state index contributed by atoms with van der Waals surface area (Å²) in [5, 5.41) is 0. The quantitative estimate of drug-likeness (QED) is 0.789. The molecule has 0 amide bonds. The third-order valence-corrected chi connectivity index (χ3v) is 2.68. The Morgan fingerprint density at radius 3 is 2.39 bits per heavy atom. The van der Waals surface area contributed by atoms with Crippen LogP contribution in [0.25, 0.3) is 0 Å². The number of benzene rings is 1. The summed E-state index contributed by atoms with van der Waals surface area (Å²) in [4.78, 5) is 11.4. The molecule has 1 aromatic rings. The molecule has 0 bridgehead atoms. The predicted molar refractivity (Wildman–Crippen MR) is 70.4 cm³/mol. The molecule has 18 heavy (non-hydrogen) atoms. The van der Waals surface area contributed by atoms with Crippen LogP contribution in [0.4, 0.5) is 0 Å². The Bertz CT molecular complexity index is 375. The van der Waals surface area contributed by atoms with E-state index >= 15 is 0 Å². The Kier molecular flexibility index (Phi) is 5.65. The van der Waals surface area contributed by atoms with Crippen molar-refractivity contribution in [2.75, 3.05) is 6.61 Å². The van der Waals surface area contributed by atoms with Crippen LogP contribution in [0.5, 0.6) is 5.75 Å². The smallest absolute Gasteiger partial charge is 0.347 e. The second-order valence-corrected chi connectivity index (χ2v) is 4.10. The minimum atomic E-state index is -0.601. The van der Waals surface area contributed by atoms with E-state index in [0.29, 0.717) is 12.4 Å². The first kappa shape index (κ1) is 14.5. The third kappa shape index (κ3) is 4.04. The zero-order valence-corrected chi connectivity index (χ0v) is 11.2. The minimum Gasteiger partial charge on any atom is -0.479 e. The van der Waals surface area contributed by atoms with Gasteiger partial charge >= 0.3 is 5.97 Å². The average Bonchev–Trinajstić information content (AvgIpc) is 2.39. The first-order chi connectivity index (χ1) is 8.58. The molecule has 100 valence electrons. The number of esters is 1. The van der Waals surface area contributed by atoms with E-state index in [4.69, 9.17) is 15.2 Å². The SMILES string of the molecule is CCOC(=O)C(C)Oc1ccc([C@@H](N)CC)cc1. The molecule has 0 heterocycles. The van der Waals surface area contributed by atoms with Crippen molar-refractivity contribution in [1.29, 1.82) is 0 Å². The summed E-state index contributed by atoms with van der Waals surface area (Å²) in [6.07, 6.45) is 0.287. The van der Waals surface area contributed by atoms with Gasteiger partial charge in [0, 0.05) is 6.04 Å². The van der Waals surface area contributed by atoms with Gasteiger partial charge in [0.05, 0.1) is 6.61 Å². The van der Waals surface area contributed by atoms with Crippen LogP contribution in [-0.4, -0.2) is 18.7 Å². The van der Waals surface area contributed by atoms with Crippen molar-refractivity contribution in [2.45, 2.75) is 39.3 Å². The van der Waals surface area contributed by atoms with E-state index in [9.17, 15) is 4.79 Å². The number of hydrogen-bond acceptors (Lipinski definition) is 4. The number of hydrogen-bond donors (Lipinski definition) is 1. The van der Waals surface area contributed by atoms with Crippen molar-refractivity contribution in [3.63, 3.8) is 0 Å². The van der Waals surface area contributed by atoms with Gasteiger partial charge in [0.25, 0.3) is 0 Å². The molecule has 1 unspecified atom stereocenters. The van der Waals surface area contributed by atoms with E-state index in [1.165, 1.54) is 0 Å². The Morgan fingerprint density at radius 1 is 1.28 bits per heavy atom. The van der Waals surface area contributed by atoms with Crippen LogP contribution < -0.4 is 10.5 Å². The van der Waals surface area contributed by atoms with Gasteiger partial charge in [-0.05, 0) is 38.0 Å². The highest BCUT2D eigenvalue weighted by atomic mass is 16.6. The molecule has 1 rings (SSSR count). The third-order valence-electron chi connectivity index (χ3n) is 2.68. The fraction of sp³-hybridized carbons (Fsp3) is 0.500. The Morgan fingerprint density at radius 2 is 1.89 bits per heavy atom. The van der Waals surface area contributed by atoms with Gasteiger partial charge in [-0.2, -0.15) is 0 Å². The van der Waals surface area contributed by atoms with Crippen molar-refractivity contribution in [1.82, 2.24) is 0 Å². The van der Waals surface area contributed by atoms with E-state index in [0.717, 1.165) is 12.0 Å². The number of carbonyl (C=O) groups excluding carboxylic acids is 1. The molecule has 0 saturated heterocycles. The highest BCUT2D eigenvalue weighted by Gasteiger charge is 2.15. The molecule has 4 nitrogen and oxygen atoms in total. The van der Waals surface area contributed by atoms with Crippen LogP contribution in [0.2, 0.25) is 0 Å². The lowest BCUT2D eigenvalue weighted by molar-refractivity contribution is -0.150. The average molecular weight is 251 g/mol. The Balaban J connectivity index is 2.60. The van der Waals surface area contributed by atoms with Crippen molar-refractivity contribution in [3.05, 3.63) is 29.8 Å². The molecular weight excluding hydrogens is 230 g/mol. The summed E-state index contributed by atoms with van der Waals surface area (Å²) in [7, 11) is 0. The number of rotatable bonds is 6. The Labute approximate surface area is 108 Å². The standard InChI is InChI=1S/C14H21NO3/c1-4-13(15)11-6-8-12(9-7-11)18-10(3)14(16)17-5-2/h6-10,13H,4-5,15H2,1-3H3/t10?,13-/m0/s1. The molecule has 2 atom stereocenters. The van der Waals surface area contributed by atoms with Gasteiger partial charge in [0.2, 0.25) is 0 Å². The molecule has 0 spiro atoms. The highest BCUT2D eigenvalue weighted by Crippen LogP contribution is 2.19. The second kappa shape index (κ2) is 7.01. The van der Waals surface area contributed by atoms with Gasteiger partial charge in [-0.3, -0.25) is 0 Å². The lowest BCUT2D eigenvalue weighted by Gasteiger charge is -2.14. The largest absolute Gasteiger partial charge is 0.479 e. The monoisotopic (exact) mass is 251 g/mol. The van der Waals surface area contributed by atoms with Gasteiger partial charge in [-0.25, -0.2) is 4.79 Å². The van der Waals surface area contributed by atoms with Gasteiger partial charge in [-0.15, -0.1) is 0 Å². The summed E-state index contributed by atoms with van der Waals surface area (Å²) >= 11 is 0. The van der Waals surface area contributed by atoms with Crippen LogP contribution in [0, 0.1) is 0 Å². The van der Waals surface area contributed by atoms with E-state index in [-0.39, 0.29) is 12.0 Å². The molecule has 0 aromatic heterocycles. The summed E-state index contributed by atoms with van der Waals surface area (Å²) in [5.41, 5.74) is 6.98. The summed E-state index contributed by atoms with van der Waals surface area (Å²) in [6, 6.07) is 7.52. The predicted octanol–water partition coefficient (Wildman–Crippen LogP) is 2.43. The molecule has 0 radical (unpaired) electrons. The maximum atomic E-state index is 11.4. The van der Waals surface area contributed by atoms with Crippen LogP contribution in [-0.2, 0) is 9.53 Å². The van der Waals surface area contributed by atoms with E-state index in [1.807, 2.05) is 31.2 Å². The normalized spacial score (nSPS) is 13.8. The second-order valence-electron chi connectivity index (χ2n) is 4.10. The Hall–Kier alpha value is -1.55. The molecule has 0 aliphatic rings. The fourth-order valence-corrected chi connectivity index (χ4v) is 1.54. The van der Waals surface area contributed by atoms with Crippen molar-refractivity contribution in [3.8, 4) is 5.75 Å². The molecule has 2 N–H and O–H groups in total. The molecule has 0 fully saturated rings. The minimum absolute atomic E-state index is 0.0431. The van der Waals surface area contributed by atoms with E-state index < -0.39 is 6.10 Å². The van der Waals surface area contributed by atoms with Crippen molar-refractivity contribution in [2.24, 2.45) is 5.73 Å². The molecule has 0 aliphatic carbocycles. The summed E-state index contributed by atoms with van der Waals surface area (Å²) in [6.45, 7) is 5.84. The van der Waals surface area contributed by atoms with Crippen LogP contribution in [0.1, 0.15) is 38.8 Å². The summed E-state index contributed by atoms with van der Waals surface area (Å²) in [5.74, 6) is 0.287. The fourth-order valence-electron chi connectivity index (χ4n) is 1.54. The van der Waals surface area contributed by atoms with E-state index in [1.54, 1.807) is 13.8 Å². The zero-order valence-electron chi connectivity index (χ0n) is 11.2. The first-order valence-electron chi connectivity index (χ1n) is 6.27. The van der Waals surface area contributed by atoms with Crippen LogP contribution >= 0.6 is 0 Å². The molecule has 0 saturated carbocycles. The van der Waals surface area contributed by atoms with Gasteiger partial charge in [0.15, 0.2) is 6.10 Å². The number of ether oxygens (including phenoxy) is 2. The zero-order chi connectivity index (χ0) is 13.5. The van der Waals surface area contributed by atoms with Crippen molar-refractivity contribution < 1.29 is 14.3 Å². The number of nitrogens with two attached hydrogens (primary N) is 1. The van der Waals surface area contributed by atoms with Crippen LogP contribution in [0.15, 0.2) is 24.3 Å².